The smallest absolute Gasteiger partial charge is 0.321 e. The molecule has 4 atom stereocenters. The van der Waals surface area contributed by atoms with Crippen molar-refractivity contribution in [3.8, 4) is 0 Å². The van der Waals surface area contributed by atoms with Gasteiger partial charge in [0.1, 0.15) is 12.2 Å². The highest BCUT2D eigenvalue weighted by Crippen LogP contribution is 2.39. The van der Waals surface area contributed by atoms with E-state index < -0.39 is 43.5 Å². The number of imidazole rings is 1. The molecule has 0 spiro atoms. The first-order chi connectivity index (χ1) is 11.2. The number of nitrogen functional groups attached to an aromatic ring is 1. The van der Waals surface area contributed by atoms with Gasteiger partial charge >= 0.3 is 6.72 Å². The van der Waals surface area contributed by atoms with Crippen LogP contribution in [0.2, 0.25) is 0 Å². The summed E-state index contributed by atoms with van der Waals surface area (Å²) in [7, 11) is 0. The molecule has 0 bridgehead atoms. The number of hydrogen-bond acceptors (Lipinski definition) is 8. The Morgan fingerprint density at radius 2 is 2.29 bits per heavy atom. The minimum atomic E-state index is -3.98. The van der Waals surface area contributed by atoms with Crippen LogP contribution in [0.5, 0.6) is 0 Å². The minimum absolute atomic E-state index is 0.00324. The molecule has 0 radical (unpaired) electrons. The molecule has 132 valence electrons. The minimum Gasteiger partial charge on any atom is -0.385 e. The summed E-state index contributed by atoms with van der Waals surface area (Å²) >= 11 is 4.27. The van der Waals surface area contributed by atoms with Gasteiger partial charge < -0.3 is 29.9 Å². The molecule has 1 saturated heterocycles. The average molecular weight is 381 g/mol. The summed E-state index contributed by atoms with van der Waals surface area (Å²) in [5, 5.41) is 10.0. The fourth-order valence-corrected chi connectivity index (χ4v) is 2.90. The molecule has 3 heterocycles. The van der Waals surface area contributed by atoms with Crippen molar-refractivity contribution in [3.05, 3.63) is 16.7 Å². The standard InChI is InChI=1S/C10H13FN5O6PS/c11-4-3(1-21-23(19,20)24)22-9(6(4)17)16-2-13-5-7(16)14-10(12)15-8(5)18/h2-4,6,9,17H,1H2,(H2,19,20,24)(H3,12,14,15,18)/t3-,4+,6?,9-/m1/s1. The van der Waals surface area contributed by atoms with Gasteiger partial charge in [0.2, 0.25) is 5.95 Å². The van der Waals surface area contributed by atoms with Gasteiger partial charge in [0.25, 0.3) is 5.56 Å². The highest BCUT2D eigenvalue weighted by atomic mass is 32.5. The molecule has 1 unspecified atom stereocenters. The van der Waals surface area contributed by atoms with E-state index in [0.717, 1.165) is 10.9 Å². The quantitative estimate of drug-likeness (QED) is 0.394. The molecule has 11 nitrogen and oxygen atoms in total. The zero-order chi connectivity index (χ0) is 17.6. The van der Waals surface area contributed by atoms with E-state index in [1.807, 2.05) is 0 Å². The zero-order valence-corrected chi connectivity index (χ0v) is 13.5. The molecule has 14 heteroatoms. The molecular formula is C10H13FN5O6PS. The first-order valence-electron chi connectivity index (χ1n) is 6.57. The number of nitrogens with zero attached hydrogens (tertiary/aromatic N) is 3. The zero-order valence-electron chi connectivity index (χ0n) is 11.8. The molecular weight excluding hydrogens is 368 g/mol. The molecule has 2 aromatic rings. The van der Waals surface area contributed by atoms with Gasteiger partial charge in [0.15, 0.2) is 23.6 Å². The van der Waals surface area contributed by atoms with Gasteiger partial charge in [-0.2, -0.15) is 4.98 Å². The predicted octanol–water partition coefficient (Wildman–Crippen LogP) is -1.48. The van der Waals surface area contributed by atoms with E-state index in [1.165, 1.54) is 0 Å². The lowest BCUT2D eigenvalue weighted by molar-refractivity contribution is -0.0474. The van der Waals surface area contributed by atoms with Gasteiger partial charge in [-0.1, -0.05) is 0 Å². The summed E-state index contributed by atoms with van der Waals surface area (Å²) in [4.78, 5) is 39.8. The summed E-state index contributed by atoms with van der Waals surface area (Å²) in [6, 6.07) is 0. The number of halogens is 1. The fourth-order valence-electron chi connectivity index (χ4n) is 2.37. The Morgan fingerprint density at radius 1 is 1.58 bits per heavy atom. The maximum absolute atomic E-state index is 14.2. The summed E-state index contributed by atoms with van der Waals surface area (Å²) in [6.07, 6.45) is -4.94. The third-order valence-electron chi connectivity index (χ3n) is 3.42. The number of nitrogens with one attached hydrogen (secondary N) is 1. The van der Waals surface area contributed by atoms with Crippen molar-refractivity contribution in [3.63, 3.8) is 0 Å². The van der Waals surface area contributed by atoms with Crippen LogP contribution in [0.4, 0.5) is 10.3 Å². The molecule has 1 fully saturated rings. The van der Waals surface area contributed by atoms with E-state index in [-0.39, 0.29) is 17.1 Å². The van der Waals surface area contributed by atoms with Crippen molar-refractivity contribution in [1.82, 2.24) is 19.5 Å². The van der Waals surface area contributed by atoms with Crippen molar-refractivity contribution in [2.24, 2.45) is 0 Å². The van der Waals surface area contributed by atoms with E-state index in [2.05, 4.69) is 31.3 Å². The maximum atomic E-state index is 14.2. The largest absolute Gasteiger partial charge is 0.385 e. The molecule has 1 aliphatic heterocycles. The molecule has 0 amide bonds. The summed E-state index contributed by atoms with van der Waals surface area (Å²) in [5.41, 5.74) is 4.82. The Labute approximate surface area is 138 Å². The molecule has 0 aromatic carbocycles. The lowest BCUT2D eigenvalue weighted by Crippen LogP contribution is -2.30. The second-order valence-corrected chi connectivity index (χ2v) is 7.73. The van der Waals surface area contributed by atoms with E-state index in [9.17, 15) is 14.3 Å². The van der Waals surface area contributed by atoms with E-state index in [4.69, 9.17) is 20.3 Å². The molecule has 6 N–H and O–H groups in total. The first-order valence-corrected chi connectivity index (χ1v) is 9.20. The molecule has 0 aliphatic carbocycles. The van der Waals surface area contributed by atoms with Gasteiger partial charge in [-0.05, 0) is 11.8 Å². The number of aromatic amines is 1. The van der Waals surface area contributed by atoms with Gasteiger partial charge in [-0.3, -0.25) is 14.3 Å². The van der Waals surface area contributed by atoms with Crippen LogP contribution in [0, 0.1) is 0 Å². The van der Waals surface area contributed by atoms with Crippen LogP contribution in [0.15, 0.2) is 11.1 Å². The second-order valence-electron chi connectivity index (χ2n) is 5.06. The number of nitrogens with two attached hydrogens (primary N) is 1. The lowest BCUT2D eigenvalue weighted by atomic mass is 10.1. The van der Waals surface area contributed by atoms with Gasteiger partial charge in [0, 0.05) is 0 Å². The Bertz CT molecular complexity index is 869. The van der Waals surface area contributed by atoms with Crippen molar-refractivity contribution in [2.75, 3.05) is 12.3 Å². The number of aliphatic hydroxyl groups excluding tert-OH is 1. The number of ether oxygens (including phenoxy) is 1. The number of hydrogen-bond donors (Lipinski definition) is 5. The van der Waals surface area contributed by atoms with Crippen LogP contribution >= 0.6 is 6.72 Å². The molecule has 1 aliphatic rings. The summed E-state index contributed by atoms with van der Waals surface area (Å²) in [5.74, 6) is -0.181. The third-order valence-corrected chi connectivity index (χ3v) is 4.22. The van der Waals surface area contributed by atoms with Crippen LogP contribution in [-0.4, -0.2) is 59.4 Å². The van der Waals surface area contributed by atoms with E-state index in [1.54, 1.807) is 0 Å². The number of alkyl halides is 1. The Balaban J connectivity index is 1.90. The van der Waals surface area contributed by atoms with Gasteiger partial charge in [-0.25, -0.2) is 9.37 Å². The van der Waals surface area contributed by atoms with E-state index >= 15 is 0 Å². The van der Waals surface area contributed by atoms with Crippen LogP contribution < -0.4 is 11.3 Å². The molecule has 24 heavy (non-hydrogen) atoms. The topological polar surface area (TPSA) is 169 Å². The van der Waals surface area contributed by atoms with Crippen molar-refractivity contribution < 1.29 is 28.5 Å². The highest BCUT2D eigenvalue weighted by Gasteiger charge is 2.46. The average Bonchev–Trinajstić information content (AvgIpc) is 3.00. The van der Waals surface area contributed by atoms with Crippen molar-refractivity contribution >= 4 is 35.6 Å². The number of rotatable bonds is 4. The number of aromatic nitrogens is 4. The molecule has 2 aromatic heterocycles. The van der Waals surface area contributed by atoms with Crippen molar-refractivity contribution in [2.45, 2.75) is 24.6 Å². The van der Waals surface area contributed by atoms with Crippen LogP contribution in [-0.2, 0) is 21.1 Å². The monoisotopic (exact) mass is 381 g/mol. The third kappa shape index (κ3) is 3.19. The number of fused-ring (bicyclic) bond motifs is 1. The lowest BCUT2D eigenvalue weighted by Gasteiger charge is -2.16. The Morgan fingerprint density at radius 3 is 2.96 bits per heavy atom. The molecule has 0 saturated carbocycles. The number of H-pyrrole nitrogens is 1. The SMILES string of the molecule is Nc1nc2c(ncn2[C@@H]2O[C@H](COP(O)(O)=S)[C@H](F)C2O)c(=O)[nH]1. The fraction of sp³-hybridized carbons (Fsp3) is 0.500. The van der Waals surface area contributed by atoms with Gasteiger partial charge in [0.05, 0.1) is 12.9 Å². The summed E-state index contributed by atoms with van der Waals surface area (Å²) < 4.78 is 25.2. The summed E-state index contributed by atoms with van der Waals surface area (Å²) in [6.45, 7) is -4.55. The van der Waals surface area contributed by atoms with Gasteiger partial charge in [-0.15, -0.1) is 0 Å². The maximum Gasteiger partial charge on any atom is 0.321 e. The van der Waals surface area contributed by atoms with Crippen molar-refractivity contribution in [1.29, 1.82) is 0 Å². The number of aliphatic hydroxyl groups is 1. The van der Waals surface area contributed by atoms with Crippen LogP contribution in [0.25, 0.3) is 11.2 Å². The highest BCUT2D eigenvalue weighted by molar-refractivity contribution is 8.06. The normalized spacial score (nSPS) is 27.8. The Hall–Kier alpha value is -1.47. The molecule has 3 rings (SSSR count). The number of anilines is 1. The predicted molar refractivity (Wildman–Crippen MR) is 82.0 cm³/mol. The van der Waals surface area contributed by atoms with E-state index in [0.29, 0.717) is 0 Å². The van der Waals surface area contributed by atoms with Crippen LogP contribution in [0.3, 0.4) is 0 Å². The van der Waals surface area contributed by atoms with Crippen LogP contribution in [0.1, 0.15) is 6.23 Å². The second kappa shape index (κ2) is 6.11. The Kier molecular flexibility index (Phi) is 4.42. The first kappa shape index (κ1) is 17.4.